The van der Waals surface area contributed by atoms with Gasteiger partial charge in [-0.15, -0.1) is 0 Å². The fourth-order valence-electron chi connectivity index (χ4n) is 2.18. The van der Waals surface area contributed by atoms with Crippen LogP contribution in [-0.4, -0.2) is 7.11 Å². The second kappa shape index (κ2) is 4.46. The molecule has 0 saturated carbocycles. The first-order valence-electron chi connectivity index (χ1n) is 5.32. The molecule has 15 heavy (non-hydrogen) atoms. The largest absolute Gasteiger partial charge is 0.380 e. The number of fused-ring (bicyclic) bond motifs is 1. The highest BCUT2D eigenvalue weighted by molar-refractivity contribution is 5.34. The highest BCUT2D eigenvalue weighted by atomic mass is 16.5. The maximum Gasteiger partial charge on any atom is 0.0713 e. The van der Waals surface area contributed by atoms with Crippen LogP contribution in [0.2, 0.25) is 0 Å². The van der Waals surface area contributed by atoms with E-state index < -0.39 is 0 Å². The lowest BCUT2D eigenvalue weighted by molar-refractivity contribution is 0.185. The average Bonchev–Trinajstić information content (AvgIpc) is 2.29. The van der Waals surface area contributed by atoms with E-state index in [4.69, 9.17) is 10.00 Å². The molecule has 0 unspecified atom stereocenters. The van der Waals surface area contributed by atoms with Crippen molar-refractivity contribution in [1.29, 1.82) is 5.26 Å². The summed E-state index contributed by atoms with van der Waals surface area (Å²) in [4.78, 5) is 0. The quantitative estimate of drug-likeness (QED) is 0.736. The molecule has 2 heteroatoms. The van der Waals surface area contributed by atoms with Gasteiger partial charge in [0.25, 0.3) is 0 Å². The van der Waals surface area contributed by atoms with E-state index >= 15 is 0 Å². The van der Waals surface area contributed by atoms with Gasteiger partial charge in [-0.05, 0) is 36.0 Å². The van der Waals surface area contributed by atoms with Crippen molar-refractivity contribution >= 4 is 0 Å². The molecule has 0 amide bonds. The van der Waals surface area contributed by atoms with Crippen molar-refractivity contribution < 1.29 is 4.74 Å². The molecular formula is C13H15NO. The molecule has 78 valence electrons. The smallest absolute Gasteiger partial charge is 0.0713 e. The number of hydrogen-bond acceptors (Lipinski definition) is 2. The van der Waals surface area contributed by atoms with Crippen molar-refractivity contribution in [2.75, 3.05) is 7.11 Å². The van der Waals surface area contributed by atoms with Gasteiger partial charge in [0.15, 0.2) is 0 Å². The summed E-state index contributed by atoms with van der Waals surface area (Å²) in [5.41, 5.74) is 3.97. The number of benzene rings is 1. The van der Waals surface area contributed by atoms with E-state index in [1.807, 2.05) is 0 Å². The number of rotatable bonds is 2. The van der Waals surface area contributed by atoms with Crippen molar-refractivity contribution in [3.05, 3.63) is 34.9 Å². The third kappa shape index (κ3) is 2.19. The Labute approximate surface area is 90.5 Å². The summed E-state index contributed by atoms with van der Waals surface area (Å²) < 4.78 is 5.11. The molecule has 0 aromatic heterocycles. The first kappa shape index (κ1) is 10.2. The summed E-state index contributed by atoms with van der Waals surface area (Å²) in [5.74, 6) is 0.214. The third-order valence-electron chi connectivity index (χ3n) is 2.99. The number of ether oxygens (including phenoxy) is 1. The van der Waals surface area contributed by atoms with Gasteiger partial charge in [-0.25, -0.2) is 0 Å². The zero-order valence-corrected chi connectivity index (χ0v) is 8.99. The van der Waals surface area contributed by atoms with Crippen LogP contribution in [0.1, 0.15) is 23.1 Å². The lowest BCUT2D eigenvalue weighted by Crippen LogP contribution is -2.12. The molecule has 1 aliphatic rings. The minimum atomic E-state index is 0.214. The standard InChI is InChI=1S/C13H15NO/c1-15-9-11-3-5-12-6-10(8-14)2-4-13(12)7-11/h3,5,7,10H,2,4,6,9H2,1H3/t10-/m1/s1. The summed E-state index contributed by atoms with van der Waals surface area (Å²) in [6.45, 7) is 0.676. The lowest BCUT2D eigenvalue weighted by atomic mass is 9.84. The fraction of sp³-hybridized carbons (Fsp3) is 0.462. The molecule has 1 aromatic rings. The molecule has 0 radical (unpaired) electrons. The van der Waals surface area contributed by atoms with Crippen LogP contribution in [0.3, 0.4) is 0 Å². The van der Waals surface area contributed by atoms with Crippen molar-refractivity contribution in [2.24, 2.45) is 5.92 Å². The van der Waals surface area contributed by atoms with Gasteiger partial charge in [0.2, 0.25) is 0 Å². The van der Waals surface area contributed by atoms with E-state index in [0.717, 1.165) is 19.3 Å². The fourth-order valence-corrected chi connectivity index (χ4v) is 2.18. The Morgan fingerprint density at radius 2 is 2.33 bits per heavy atom. The molecule has 0 N–H and O–H groups in total. The van der Waals surface area contributed by atoms with E-state index in [1.54, 1.807) is 7.11 Å². The summed E-state index contributed by atoms with van der Waals surface area (Å²) in [7, 11) is 1.71. The molecular weight excluding hydrogens is 186 g/mol. The number of methoxy groups -OCH3 is 1. The summed E-state index contributed by atoms with van der Waals surface area (Å²) in [6, 6.07) is 8.82. The van der Waals surface area contributed by atoms with Crippen LogP contribution in [0.25, 0.3) is 0 Å². The normalized spacial score (nSPS) is 19.3. The van der Waals surface area contributed by atoms with Gasteiger partial charge >= 0.3 is 0 Å². The number of aryl methyl sites for hydroxylation is 1. The Hall–Kier alpha value is -1.33. The predicted molar refractivity (Wildman–Crippen MR) is 58.3 cm³/mol. The van der Waals surface area contributed by atoms with Gasteiger partial charge in [0, 0.05) is 7.11 Å². The highest BCUT2D eigenvalue weighted by Crippen LogP contribution is 2.26. The van der Waals surface area contributed by atoms with E-state index in [2.05, 4.69) is 24.3 Å². The van der Waals surface area contributed by atoms with Gasteiger partial charge in [-0.3, -0.25) is 0 Å². The molecule has 1 aromatic carbocycles. The average molecular weight is 201 g/mol. The maximum atomic E-state index is 8.89. The summed E-state index contributed by atoms with van der Waals surface area (Å²) in [6.07, 6.45) is 2.95. The molecule has 0 fully saturated rings. The van der Waals surface area contributed by atoms with Crippen molar-refractivity contribution in [3.63, 3.8) is 0 Å². The maximum absolute atomic E-state index is 8.89. The van der Waals surface area contributed by atoms with Gasteiger partial charge < -0.3 is 4.74 Å². The predicted octanol–water partition coefficient (Wildman–Crippen LogP) is 2.46. The summed E-state index contributed by atoms with van der Waals surface area (Å²) in [5, 5.41) is 8.89. The van der Waals surface area contributed by atoms with Crippen LogP contribution >= 0.6 is 0 Å². The van der Waals surface area contributed by atoms with Gasteiger partial charge in [-0.2, -0.15) is 5.26 Å². The number of hydrogen-bond donors (Lipinski definition) is 0. The third-order valence-corrected chi connectivity index (χ3v) is 2.99. The molecule has 2 nitrogen and oxygen atoms in total. The van der Waals surface area contributed by atoms with Crippen LogP contribution < -0.4 is 0 Å². The zero-order valence-electron chi connectivity index (χ0n) is 8.99. The molecule has 0 aliphatic heterocycles. The van der Waals surface area contributed by atoms with Crippen LogP contribution in [0, 0.1) is 17.2 Å². The van der Waals surface area contributed by atoms with E-state index in [-0.39, 0.29) is 5.92 Å². The molecule has 1 atom stereocenters. The van der Waals surface area contributed by atoms with E-state index in [9.17, 15) is 0 Å². The van der Waals surface area contributed by atoms with Crippen molar-refractivity contribution in [1.82, 2.24) is 0 Å². The highest BCUT2D eigenvalue weighted by Gasteiger charge is 2.17. The van der Waals surface area contributed by atoms with Crippen molar-refractivity contribution in [3.8, 4) is 6.07 Å². The molecule has 1 aliphatic carbocycles. The summed E-state index contributed by atoms with van der Waals surface area (Å²) >= 11 is 0. The van der Waals surface area contributed by atoms with Crippen LogP contribution in [-0.2, 0) is 24.2 Å². The minimum Gasteiger partial charge on any atom is -0.380 e. The van der Waals surface area contributed by atoms with Gasteiger partial charge in [0.05, 0.1) is 18.6 Å². The van der Waals surface area contributed by atoms with Crippen LogP contribution in [0.5, 0.6) is 0 Å². The Bertz CT molecular complexity index is 392. The minimum absolute atomic E-state index is 0.214. The second-order valence-electron chi connectivity index (χ2n) is 4.10. The lowest BCUT2D eigenvalue weighted by Gasteiger charge is -2.20. The molecule has 0 bridgehead atoms. The van der Waals surface area contributed by atoms with Gasteiger partial charge in [0.1, 0.15) is 0 Å². The first-order chi connectivity index (χ1) is 7.33. The molecule has 0 spiro atoms. The Morgan fingerprint density at radius 1 is 1.47 bits per heavy atom. The van der Waals surface area contributed by atoms with E-state index in [0.29, 0.717) is 6.61 Å². The number of nitriles is 1. The van der Waals surface area contributed by atoms with Crippen molar-refractivity contribution in [2.45, 2.75) is 25.9 Å². The Kier molecular flexibility index (Phi) is 3.03. The van der Waals surface area contributed by atoms with Gasteiger partial charge in [-0.1, -0.05) is 18.2 Å². The molecule has 0 saturated heterocycles. The number of nitrogens with zero attached hydrogens (tertiary/aromatic N) is 1. The first-order valence-corrected chi connectivity index (χ1v) is 5.32. The zero-order chi connectivity index (χ0) is 10.7. The molecule has 2 rings (SSSR count). The van der Waals surface area contributed by atoms with Crippen LogP contribution in [0.15, 0.2) is 18.2 Å². The SMILES string of the molecule is COCc1ccc2c(c1)CC[C@@H](C#N)C2. The van der Waals surface area contributed by atoms with Crippen LogP contribution in [0.4, 0.5) is 0 Å². The molecule has 0 heterocycles. The Morgan fingerprint density at radius 3 is 3.07 bits per heavy atom. The topological polar surface area (TPSA) is 33.0 Å². The monoisotopic (exact) mass is 201 g/mol. The second-order valence-corrected chi connectivity index (χ2v) is 4.10. The Balaban J connectivity index is 2.21. The van der Waals surface area contributed by atoms with E-state index in [1.165, 1.54) is 16.7 Å².